The summed E-state index contributed by atoms with van der Waals surface area (Å²) in [4.78, 5) is 0. The van der Waals surface area contributed by atoms with Crippen molar-refractivity contribution in [3.05, 3.63) is 35.4 Å². The highest BCUT2D eigenvalue weighted by molar-refractivity contribution is 5.18. The average Bonchev–Trinajstić information content (AvgIpc) is 2.24. The van der Waals surface area contributed by atoms with Gasteiger partial charge in [-0.2, -0.15) is 0 Å². The summed E-state index contributed by atoms with van der Waals surface area (Å²) in [5.41, 5.74) is 0.703. The number of nitrogens with one attached hydrogen (secondary N) is 1. The van der Waals surface area contributed by atoms with Crippen LogP contribution < -0.4 is 5.32 Å². The molecule has 0 aliphatic carbocycles. The van der Waals surface area contributed by atoms with Gasteiger partial charge in [-0.1, -0.05) is 13.0 Å². The van der Waals surface area contributed by atoms with Crippen molar-refractivity contribution in [2.24, 2.45) is 5.92 Å². The van der Waals surface area contributed by atoms with Gasteiger partial charge in [0.2, 0.25) is 0 Å². The monoisotopic (exact) mass is 255 g/mol. The maximum absolute atomic E-state index is 13.4. The molecule has 3 heteroatoms. The second-order valence-electron chi connectivity index (χ2n) is 6.01. The molecule has 1 aromatic rings. The van der Waals surface area contributed by atoms with E-state index in [2.05, 4.69) is 33.0 Å². The van der Waals surface area contributed by atoms with Crippen LogP contribution in [0.1, 0.15) is 39.7 Å². The van der Waals surface area contributed by atoms with Gasteiger partial charge in [-0.15, -0.1) is 0 Å². The van der Waals surface area contributed by atoms with Crippen LogP contribution in [0.25, 0.3) is 0 Å². The standard InChI is InChI=1S/C15H23F2N/c1-11(10-18-15(2,3)4)5-6-12-7-8-13(16)9-14(12)17/h7-9,11,18H,5-6,10H2,1-4H3. The molecule has 0 aliphatic rings. The molecule has 0 aliphatic heterocycles. The molecule has 1 nitrogen and oxygen atoms in total. The first-order chi connectivity index (χ1) is 8.28. The minimum absolute atomic E-state index is 0.107. The van der Waals surface area contributed by atoms with Gasteiger partial charge < -0.3 is 5.32 Å². The molecule has 0 saturated heterocycles. The summed E-state index contributed by atoms with van der Waals surface area (Å²) in [5, 5.41) is 3.43. The van der Waals surface area contributed by atoms with Gasteiger partial charge in [0, 0.05) is 11.6 Å². The lowest BCUT2D eigenvalue weighted by Gasteiger charge is -2.23. The molecular weight excluding hydrogens is 232 g/mol. The van der Waals surface area contributed by atoms with Crippen molar-refractivity contribution in [1.29, 1.82) is 0 Å². The zero-order valence-electron chi connectivity index (χ0n) is 11.7. The van der Waals surface area contributed by atoms with Crippen LogP contribution in [-0.4, -0.2) is 12.1 Å². The van der Waals surface area contributed by atoms with Gasteiger partial charge >= 0.3 is 0 Å². The van der Waals surface area contributed by atoms with Crippen molar-refractivity contribution >= 4 is 0 Å². The molecule has 0 bridgehead atoms. The average molecular weight is 255 g/mol. The van der Waals surface area contributed by atoms with Gasteiger partial charge in [-0.05, 0) is 57.7 Å². The Kier molecular flexibility index (Phi) is 5.27. The fourth-order valence-corrected chi connectivity index (χ4v) is 1.71. The Morgan fingerprint density at radius 2 is 1.89 bits per heavy atom. The van der Waals surface area contributed by atoms with Crippen LogP contribution in [0.15, 0.2) is 18.2 Å². The van der Waals surface area contributed by atoms with E-state index >= 15 is 0 Å². The van der Waals surface area contributed by atoms with Gasteiger partial charge in [0.25, 0.3) is 0 Å². The van der Waals surface area contributed by atoms with Crippen LogP contribution in [0.5, 0.6) is 0 Å². The Labute approximate surface area is 109 Å². The lowest BCUT2D eigenvalue weighted by molar-refractivity contribution is 0.371. The zero-order valence-corrected chi connectivity index (χ0v) is 11.7. The van der Waals surface area contributed by atoms with Gasteiger partial charge in [-0.3, -0.25) is 0 Å². The normalized spacial score (nSPS) is 13.7. The Morgan fingerprint density at radius 3 is 2.44 bits per heavy atom. The van der Waals surface area contributed by atoms with Gasteiger partial charge in [0.05, 0.1) is 0 Å². The third kappa shape index (κ3) is 5.58. The molecule has 102 valence electrons. The predicted molar refractivity (Wildman–Crippen MR) is 71.6 cm³/mol. The predicted octanol–water partition coefficient (Wildman–Crippen LogP) is 3.92. The quantitative estimate of drug-likeness (QED) is 0.841. The first-order valence-corrected chi connectivity index (χ1v) is 6.47. The number of aryl methyl sites for hydroxylation is 1. The summed E-state index contributed by atoms with van der Waals surface area (Å²) < 4.78 is 26.2. The number of hydrogen-bond donors (Lipinski definition) is 1. The van der Waals surface area contributed by atoms with Crippen molar-refractivity contribution in [2.45, 2.75) is 46.1 Å². The fraction of sp³-hybridized carbons (Fsp3) is 0.600. The van der Waals surface area contributed by atoms with E-state index in [1.807, 2.05) is 0 Å². The van der Waals surface area contributed by atoms with Crippen molar-refractivity contribution in [3.8, 4) is 0 Å². The van der Waals surface area contributed by atoms with Crippen molar-refractivity contribution in [1.82, 2.24) is 5.32 Å². The number of halogens is 2. The van der Waals surface area contributed by atoms with E-state index in [1.165, 1.54) is 12.1 Å². The van der Waals surface area contributed by atoms with E-state index < -0.39 is 11.6 Å². The van der Waals surface area contributed by atoms with Crippen LogP contribution in [0.4, 0.5) is 8.78 Å². The molecule has 0 fully saturated rings. The lowest BCUT2D eigenvalue weighted by Crippen LogP contribution is -2.38. The second-order valence-corrected chi connectivity index (χ2v) is 6.01. The summed E-state index contributed by atoms with van der Waals surface area (Å²) in [6, 6.07) is 3.80. The van der Waals surface area contributed by atoms with E-state index in [4.69, 9.17) is 0 Å². The molecule has 0 saturated carbocycles. The van der Waals surface area contributed by atoms with E-state index in [1.54, 1.807) is 0 Å². The van der Waals surface area contributed by atoms with E-state index in [-0.39, 0.29) is 5.54 Å². The number of hydrogen-bond acceptors (Lipinski definition) is 1. The Bertz CT molecular complexity index is 383. The smallest absolute Gasteiger partial charge is 0.129 e. The third-order valence-corrected chi connectivity index (χ3v) is 2.90. The van der Waals surface area contributed by atoms with Crippen LogP contribution >= 0.6 is 0 Å². The summed E-state index contributed by atoms with van der Waals surface area (Å²) in [5.74, 6) is -0.488. The summed E-state index contributed by atoms with van der Waals surface area (Å²) in [6.45, 7) is 9.42. The fourth-order valence-electron chi connectivity index (χ4n) is 1.71. The largest absolute Gasteiger partial charge is 0.312 e. The molecule has 0 spiro atoms. The Balaban J connectivity index is 2.40. The summed E-state index contributed by atoms with van der Waals surface area (Å²) >= 11 is 0. The van der Waals surface area contributed by atoms with E-state index in [0.717, 1.165) is 19.0 Å². The van der Waals surface area contributed by atoms with Crippen molar-refractivity contribution in [2.75, 3.05) is 6.54 Å². The Hall–Kier alpha value is -0.960. The first-order valence-electron chi connectivity index (χ1n) is 6.47. The van der Waals surface area contributed by atoms with Crippen LogP contribution in [0.2, 0.25) is 0 Å². The molecule has 0 aromatic heterocycles. The molecule has 1 N–H and O–H groups in total. The highest BCUT2D eigenvalue weighted by Crippen LogP contribution is 2.14. The van der Waals surface area contributed by atoms with E-state index in [9.17, 15) is 8.78 Å². The molecule has 1 aromatic carbocycles. The van der Waals surface area contributed by atoms with E-state index in [0.29, 0.717) is 17.9 Å². The molecule has 1 atom stereocenters. The second kappa shape index (κ2) is 6.28. The maximum Gasteiger partial charge on any atom is 0.129 e. The van der Waals surface area contributed by atoms with Crippen LogP contribution in [0.3, 0.4) is 0 Å². The number of benzene rings is 1. The topological polar surface area (TPSA) is 12.0 Å². The molecule has 0 radical (unpaired) electrons. The first kappa shape index (κ1) is 15.1. The SMILES string of the molecule is CC(CCc1ccc(F)cc1F)CNC(C)(C)C. The van der Waals surface area contributed by atoms with Crippen LogP contribution in [0, 0.1) is 17.6 Å². The maximum atomic E-state index is 13.4. The lowest BCUT2D eigenvalue weighted by atomic mass is 9.99. The summed E-state index contributed by atoms with van der Waals surface area (Å²) in [7, 11) is 0. The van der Waals surface area contributed by atoms with Gasteiger partial charge in [0.15, 0.2) is 0 Å². The molecule has 0 heterocycles. The molecule has 1 rings (SSSR count). The highest BCUT2D eigenvalue weighted by atomic mass is 19.1. The summed E-state index contributed by atoms with van der Waals surface area (Å²) in [6.07, 6.45) is 1.55. The molecule has 0 amide bonds. The van der Waals surface area contributed by atoms with Gasteiger partial charge in [0.1, 0.15) is 11.6 Å². The van der Waals surface area contributed by atoms with Crippen molar-refractivity contribution < 1.29 is 8.78 Å². The third-order valence-electron chi connectivity index (χ3n) is 2.90. The van der Waals surface area contributed by atoms with Crippen LogP contribution in [-0.2, 0) is 6.42 Å². The molecular formula is C15H23F2N. The van der Waals surface area contributed by atoms with Gasteiger partial charge in [-0.25, -0.2) is 8.78 Å². The Morgan fingerprint density at radius 1 is 1.22 bits per heavy atom. The minimum Gasteiger partial charge on any atom is -0.312 e. The molecule has 18 heavy (non-hydrogen) atoms. The molecule has 1 unspecified atom stereocenters. The zero-order chi connectivity index (χ0) is 13.8. The minimum atomic E-state index is -0.515. The van der Waals surface area contributed by atoms with Crippen molar-refractivity contribution in [3.63, 3.8) is 0 Å². The number of rotatable bonds is 5. The highest BCUT2D eigenvalue weighted by Gasteiger charge is 2.12.